The lowest BCUT2D eigenvalue weighted by atomic mass is 9.96. The van der Waals surface area contributed by atoms with Gasteiger partial charge < -0.3 is 43.0 Å². The Balaban J connectivity index is 1.27. The van der Waals surface area contributed by atoms with E-state index in [2.05, 4.69) is 31.6 Å². The van der Waals surface area contributed by atoms with E-state index in [0.29, 0.717) is 51.7 Å². The van der Waals surface area contributed by atoms with Crippen LogP contribution in [0.15, 0.2) is 77.6 Å². The maximum atomic E-state index is 14.5. The van der Waals surface area contributed by atoms with E-state index in [1.165, 1.54) is 11.3 Å². The van der Waals surface area contributed by atoms with Crippen LogP contribution < -0.4 is 38.1 Å². The predicted octanol–water partition coefficient (Wildman–Crippen LogP) is 3.03. The van der Waals surface area contributed by atoms with Crippen LogP contribution in [0.25, 0.3) is 21.0 Å². The largest absolute Gasteiger partial charge is 0.368 e. The summed E-state index contributed by atoms with van der Waals surface area (Å²) >= 11 is 3.01. The van der Waals surface area contributed by atoms with Crippen molar-refractivity contribution in [3.8, 4) is 0 Å². The maximum absolute atomic E-state index is 14.5. The molecule has 0 radical (unpaired) electrons. The topological polar surface area (TPSA) is 213 Å². The van der Waals surface area contributed by atoms with Gasteiger partial charge in [-0.3, -0.25) is 24.0 Å². The van der Waals surface area contributed by atoms with Crippen molar-refractivity contribution in [2.75, 3.05) is 19.6 Å². The fraction of sp³-hybridized carbons (Fsp3) is 0.390. The van der Waals surface area contributed by atoms with Gasteiger partial charge in [0.15, 0.2) is 0 Å². The van der Waals surface area contributed by atoms with Gasteiger partial charge in [-0.15, -0.1) is 11.3 Å². The minimum Gasteiger partial charge on any atom is -0.368 e. The Bertz CT molecular complexity index is 2080. The van der Waals surface area contributed by atoms with Crippen LogP contribution in [0.5, 0.6) is 0 Å². The number of hydrogen-bond acceptors (Lipinski definition) is 9. The number of fused-ring (bicyclic) bond motifs is 2. The quantitative estimate of drug-likeness (QED) is 0.0585. The van der Waals surface area contributed by atoms with Crippen molar-refractivity contribution in [2.45, 2.75) is 75.5 Å². The van der Waals surface area contributed by atoms with Crippen LogP contribution in [0.2, 0.25) is 0 Å². The highest BCUT2D eigenvalue weighted by Crippen LogP contribution is 2.27. The van der Waals surface area contributed by atoms with Crippen molar-refractivity contribution >= 4 is 73.2 Å². The second-order valence-corrected chi connectivity index (χ2v) is 16.3. The number of amides is 5. The van der Waals surface area contributed by atoms with E-state index in [0.717, 1.165) is 37.0 Å². The van der Waals surface area contributed by atoms with Crippen LogP contribution in [0.3, 0.4) is 0 Å². The molecule has 2 aromatic carbocycles. The lowest BCUT2D eigenvalue weighted by Crippen LogP contribution is -2.59. The van der Waals surface area contributed by atoms with Gasteiger partial charge in [0.05, 0.1) is 0 Å². The zero-order valence-electron chi connectivity index (χ0n) is 31.2. The van der Waals surface area contributed by atoms with Gasteiger partial charge in [0.25, 0.3) is 0 Å². The number of aromatic nitrogens is 1. The molecule has 3 aromatic heterocycles. The van der Waals surface area contributed by atoms with Gasteiger partial charge in [-0.2, -0.15) is 11.3 Å². The molecule has 15 heteroatoms. The molecule has 1 fully saturated rings. The zero-order chi connectivity index (χ0) is 39.4. The molecule has 0 spiro atoms. The molecule has 5 aromatic rings. The van der Waals surface area contributed by atoms with Crippen molar-refractivity contribution in [3.63, 3.8) is 0 Å². The van der Waals surface area contributed by atoms with Gasteiger partial charge in [0, 0.05) is 51.9 Å². The number of carbonyl (C=O) groups is 5. The summed E-state index contributed by atoms with van der Waals surface area (Å²) in [6.45, 7) is 1.87. The number of nitrogens with two attached hydrogens (primary N) is 2. The van der Waals surface area contributed by atoms with Gasteiger partial charge in [-0.1, -0.05) is 36.4 Å². The number of para-hydroxylation sites is 1. The fourth-order valence-electron chi connectivity index (χ4n) is 7.10. The molecule has 4 heterocycles. The number of piperidine rings is 1. The van der Waals surface area contributed by atoms with Crippen molar-refractivity contribution in [1.29, 1.82) is 0 Å². The summed E-state index contributed by atoms with van der Waals surface area (Å²) in [5.74, 6) is -2.81. The van der Waals surface area contributed by atoms with Gasteiger partial charge >= 0.3 is 0 Å². The van der Waals surface area contributed by atoms with Gasteiger partial charge in [0.1, 0.15) is 24.2 Å². The molecule has 0 unspecified atom stereocenters. The molecule has 296 valence electrons. The summed E-state index contributed by atoms with van der Waals surface area (Å²) in [7, 11) is 0. The molecule has 13 nitrogen and oxygen atoms in total. The lowest BCUT2D eigenvalue weighted by Gasteiger charge is -2.27. The highest BCUT2D eigenvalue weighted by Gasteiger charge is 2.33. The molecule has 5 amide bonds. The zero-order valence-corrected chi connectivity index (χ0v) is 32.8. The summed E-state index contributed by atoms with van der Waals surface area (Å²) in [6, 6.07) is 15.3. The molecular formula is C41H50N8O5S2. The first kappa shape index (κ1) is 40.6. The second-order valence-electron chi connectivity index (χ2n) is 14.3. The molecule has 10 N–H and O–H groups in total. The molecule has 4 atom stereocenters. The van der Waals surface area contributed by atoms with Gasteiger partial charge in [0.2, 0.25) is 29.5 Å². The summed E-state index contributed by atoms with van der Waals surface area (Å²) in [5, 5.41) is 20.6. The highest BCUT2D eigenvalue weighted by atomic mass is 32.1. The predicted molar refractivity (Wildman–Crippen MR) is 221 cm³/mol. The Morgan fingerprint density at radius 3 is 2.16 bits per heavy atom. The number of hydrogen-bond donors (Lipinski definition) is 8. The van der Waals surface area contributed by atoms with Crippen molar-refractivity contribution in [2.24, 2.45) is 17.4 Å². The van der Waals surface area contributed by atoms with E-state index in [1.807, 2.05) is 71.4 Å². The third kappa shape index (κ3) is 10.8. The van der Waals surface area contributed by atoms with E-state index in [1.54, 1.807) is 17.5 Å². The number of unbranched alkanes of at least 4 members (excludes halogenated alkanes) is 1. The van der Waals surface area contributed by atoms with Crippen molar-refractivity contribution in [1.82, 2.24) is 31.6 Å². The molecule has 1 saturated heterocycles. The van der Waals surface area contributed by atoms with E-state index in [-0.39, 0.29) is 31.1 Å². The number of aromatic amines is 1. The maximum Gasteiger partial charge on any atom is 0.243 e. The standard InChI is InChI=1S/C41H50N8O5S2/c42-15-6-5-10-32(37(43)50)46-39(52)33(19-25-14-18-55-24-25)48-40(53)34(21-28-23-45-31-9-3-2-8-30(28)31)49-41(54)35(47-38(51)26-12-16-44-17-13-26)22-29-20-27-7-1-4-11-36(27)56-29/h1-4,7-9,11,14,18,20,23-24,26,32-35,44-45H,5-6,10,12-13,15-17,19,21-22,42H2,(H2,43,50)(H,46,52)(H,47,51)(H,48,53)(H,49,54)/t32-,33-,34+,35+/m0/s1. The average Bonchev–Trinajstić information content (AvgIpc) is 3.97. The van der Waals surface area contributed by atoms with Crippen LogP contribution in [0, 0.1) is 5.92 Å². The molecule has 0 saturated carbocycles. The summed E-state index contributed by atoms with van der Waals surface area (Å²) in [6.07, 6.45) is 5.13. The minimum atomic E-state index is -1.14. The fourth-order valence-corrected chi connectivity index (χ4v) is 8.89. The summed E-state index contributed by atoms with van der Waals surface area (Å²) in [4.78, 5) is 72.9. The summed E-state index contributed by atoms with van der Waals surface area (Å²) in [5.41, 5.74) is 13.8. The molecule has 1 aliphatic rings. The molecule has 1 aliphatic heterocycles. The third-order valence-electron chi connectivity index (χ3n) is 10.2. The van der Waals surface area contributed by atoms with E-state index in [4.69, 9.17) is 11.5 Å². The number of benzene rings is 2. The monoisotopic (exact) mass is 798 g/mol. The Morgan fingerprint density at radius 1 is 0.786 bits per heavy atom. The Kier molecular flexibility index (Phi) is 14.2. The van der Waals surface area contributed by atoms with Crippen LogP contribution in [0.1, 0.15) is 48.1 Å². The number of carbonyl (C=O) groups excluding carboxylic acids is 5. The van der Waals surface area contributed by atoms with Crippen molar-refractivity contribution < 1.29 is 24.0 Å². The number of thiophene rings is 2. The Morgan fingerprint density at radius 2 is 1.46 bits per heavy atom. The highest BCUT2D eigenvalue weighted by molar-refractivity contribution is 7.19. The van der Waals surface area contributed by atoms with E-state index in [9.17, 15) is 24.0 Å². The first-order chi connectivity index (χ1) is 27.2. The van der Waals surface area contributed by atoms with E-state index < -0.39 is 47.8 Å². The van der Waals surface area contributed by atoms with Gasteiger partial charge in [-0.05, 0) is 103 Å². The average molecular weight is 799 g/mol. The van der Waals surface area contributed by atoms with Crippen LogP contribution >= 0.6 is 22.7 Å². The molecule has 6 rings (SSSR count). The molecular weight excluding hydrogens is 749 g/mol. The normalized spacial score (nSPS) is 15.4. The van der Waals surface area contributed by atoms with Crippen LogP contribution in [-0.2, 0) is 43.2 Å². The van der Waals surface area contributed by atoms with Crippen LogP contribution in [-0.4, -0.2) is 78.3 Å². The first-order valence-electron chi connectivity index (χ1n) is 19.1. The minimum absolute atomic E-state index is 0.0925. The van der Waals surface area contributed by atoms with E-state index >= 15 is 0 Å². The second kappa shape index (κ2) is 19.7. The number of H-pyrrole nitrogens is 1. The van der Waals surface area contributed by atoms with Gasteiger partial charge in [-0.25, -0.2) is 0 Å². The number of rotatable bonds is 19. The van der Waals surface area contributed by atoms with Crippen LogP contribution in [0.4, 0.5) is 0 Å². The smallest absolute Gasteiger partial charge is 0.243 e. The lowest BCUT2D eigenvalue weighted by molar-refractivity contribution is -0.135. The number of primary amides is 1. The van der Waals surface area contributed by atoms with Crippen molar-refractivity contribution in [3.05, 3.63) is 93.6 Å². The first-order valence-corrected chi connectivity index (χ1v) is 20.9. The molecule has 0 bridgehead atoms. The third-order valence-corrected chi connectivity index (χ3v) is 12.1. The SMILES string of the molecule is NCCCC[C@H](NC(=O)[C@H](Cc1ccsc1)NC(=O)[C@@H](Cc1c[nH]c2ccccc12)NC(=O)[C@@H](Cc1cc2ccccc2s1)NC(=O)C1CCNCC1)C(N)=O. The Hall–Kier alpha value is -5.09. The molecule has 56 heavy (non-hydrogen) atoms. The summed E-state index contributed by atoms with van der Waals surface area (Å²) < 4.78 is 1.07. The number of nitrogens with one attached hydrogen (secondary N) is 6. The molecule has 0 aliphatic carbocycles. The Labute approximate surface area is 333 Å².